The molecule has 2 aliphatic heterocycles. The lowest BCUT2D eigenvalue weighted by molar-refractivity contribution is -0.122. The molecule has 0 saturated carbocycles. The Morgan fingerprint density at radius 3 is 2.91 bits per heavy atom. The lowest BCUT2D eigenvalue weighted by atomic mass is 10.1. The second kappa shape index (κ2) is 6.48. The number of carbonyl (C=O) groups is 2. The van der Waals surface area contributed by atoms with Gasteiger partial charge < -0.3 is 19.7 Å². The van der Waals surface area contributed by atoms with Crippen molar-refractivity contribution in [1.82, 2.24) is 5.32 Å². The molecule has 3 rings (SSSR count). The highest BCUT2D eigenvalue weighted by Crippen LogP contribution is 2.37. The number of carbonyl (C=O) groups excluding carboxylic acids is 2. The molecule has 1 unspecified atom stereocenters. The molecule has 2 aliphatic rings. The predicted octanol–water partition coefficient (Wildman–Crippen LogP) is 1.93. The fourth-order valence-electron chi connectivity index (χ4n) is 2.92. The van der Waals surface area contributed by atoms with Crippen molar-refractivity contribution in [2.45, 2.75) is 26.7 Å². The first-order chi connectivity index (χ1) is 11.0. The molecule has 1 atom stereocenters. The van der Waals surface area contributed by atoms with Crippen LogP contribution in [-0.4, -0.2) is 31.7 Å². The summed E-state index contributed by atoms with van der Waals surface area (Å²) in [4.78, 5) is 25.7. The number of nitrogens with zero attached hydrogens (tertiary/aromatic N) is 1. The zero-order chi connectivity index (χ0) is 16.4. The number of hydrogen-bond donors (Lipinski definition) is 1. The number of amides is 2. The van der Waals surface area contributed by atoms with E-state index in [2.05, 4.69) is 5.32 Å². The molecule has 6 nitrogen and oxygen atoms in total. The molecule has 1 fully saturated rings. The van der Waals surface area contributed by atoms with Gasteiger partial charge in [-0.25, -0.2) is 0 Å². The zero-order valence-corrected chi connectivity index (χ0v) is 13.5. The number of rotatable bonds is 5. The van der Waals surface area contributed by atoms with E-state index in [0.29, 0.717) is 43.3 Å². The van der Waals surface area contributed by atoms with Gasteiger partial charge in [0.2, 0.25) is 18.6 Å². The molecular weight excluding hydrogens is 296 g/mol. The van der Waals surface area contributed by atoms with E-state index in [1.54, 1.807) is 4.90 Å². The summed E-state index contributed by atoms with van der Waals surface area (Å²) in [5.74, 6) is 1.98. The van der Waals surface area contributed by atoms with Crippen LogP contribution in [0.3, 0.4) is 0 Å². The normalized spacial score (nSPS) is 19.5. The molecule has 1 N–H and O–H groups in total. The minimum absolute atomic E-state index is 0.0500. The predicted molar refractivity (Wildman–Crippen MR) is 85.5 cm³/mol. The number of anilines is 1. The third-order valence-electron chi connectivity index (χ3n) is 4.05. The molecule has 124 valence electrons. The minimum Gasteiger partial charge on any atom is -0.454 e. The van der Waals surface area contributed by atoms with Gasteiger partial charge in [-0.15, -0.1) is 0 Å². The SMILES string of the molecule is CC(C)CC(=O)NCC1CC(=O)N(c2ccc3c(c2)OCO3)C1. The van der Waals surface area contributed by atoms with Gasteiger partial charge in [0.15, 0.2) is 11.5 Å². The highest BCUT2D eigenvalue weighted by atomic mass is 16.7. The Bertz CT molecular complexity index is 615. The van der Waals surface area contributed by atoms with Crippen LogP contribution in [0.15, 0.2) is 18.2 Å². The second-order valence-electron chi connectivity index (χ2n) is 6.51. The van der Waals surface area contributed by atoms with E-state index < -0.39 is 0 Å². The zero-order valence-electron chi connectivity index (χ0n) is 13.5. The van der Waals surface area contributed by atoms with Crippen molar-refractivity contribution in [3.8, 4) is 11.5 Å². The standard InChI is InChI=1S/C17H22N2O4/c1-11(2)5-16(20)18-8-12-6-17(21)19(9-12)13-3-4-14-15(7-13)23-10-22-14/h3-4,7,11-12H,5-6,8-10H2,1-2H3,(H,18,20). The fourth-order valence-corrected chi connectivity index (χ4v) is 2.92. The van der Waals surface area contributed by atoms with Crippen molar-refractivity contribution < 1.29 is 19.1 Å². The van der Waals surface area contributed by atoms with E-state index in [9.17, 15) is 9.59 Å². The number of ether oxygens (including phenoxy) is 2. The summed E-state index contributed by atoms with van der Waals surface area (Å²) in [7, 11) is 0. The van der Waals surface area contributed by atoms with Gasteiger partial charge in [-0.05, 0) is 18.1 Å². The van der Waals surface area contributed by atoms with E-state index in [4.69, 9.17) is 9.47 Å². The topological polar surface area (TPSA) is 67.9 Å². The number of benzene rings is 1. The molecule has 0 radical (unpaired) electrons. The van der Waals surface area contributed by atoms with Gasteiger partial charge in [0.05, 0.1) is 0 Å². The van der Waals surface area contributed by atoms with Gasteiger partial charge in [0.1, 0.15) is 0 Å². The van der Waals surface area contributed by atoms with E-state index in [-0.39, 0.29) is 24.5 Å². The molecule has 1 saturated heterocycles. The quantitative estimate of drug-likeness (QED) is 0.901. The van der Waals surface area contributed by atoms with Crippen LogP contribution in [0.5, 0.6) is 11.5 Å². The van der Waals surface area contributed by atoms with Crippen LogP contribution in [-0.2, 0) is 9.59 Å². The van der Waals surface area contributed by atoms with Gasteiger partial charge >= 0.3 is 0 Å². The summed E-state index contributed by atoms with van der Waals surface area (Å²) in [6.07, 6.45) is 0.975. The Balaban J connectivity index is 1.58. The Labute approximate surface area is 135 Å². The first-order valence-electron chi connectivity index (χ1n) is 7.99. The maximum Gasteiger partial charge on any atom is 0.231 e. The van der Waals surface area contributed by atoms with Crippen molar-refractivity contribution in [3.63, 3.8) is 0 Å². The summed E-state index contributed by atoms with van der Waals surface area (Å²) in [5, 5.41) is 2.93. The van der Waals surface area contributed by atoms with Crippen molar-refractivity contribution in [2.24, 2.45) is 11.8 Å². The second-order valence-corrected chi connectivity index (χ2v) is 6.51. The Hall–Kier alpha value is -2.24. The molecular formula is C17H22N2O4. The van der Waals surface area contributed by atoms with Gasteiger partial charge in [0, 0.05) is 43.6 Å². The molecule has 23 heavy (non-hydrogen) atoms. The molecule has 6 heteroatoms. The largest absolute Gasteiger partial charge is 0.454 e. The average molecular weight is 318 g/mol. The molecule has 0 spiro atoms. The van der Waals surface area contributed by atoms with E-state index in [0.717, 1.165) is 5.69 Å². The van der Waals surface area contributed by atoms with Crippen molar-refractivity contribution in [3.05, 3.63) is 18.2 Å². The van der Waals surface area contributed by atoms with Crippen molar-refractivity contribution in [2.75, 3.05) is 24.8 Å². The summed E-state index contributed by atoms with van der Waals surface area (Å²) in [6, 6.07) is 5.52. The van der Waals surface area contributed by atoms with Gasteiger partial charge in [0.25, 0.3) is 0 Å². The highest BCUT2D eigenvalue weighted by Gasteiger charge is 2.31. The summed E-state index contributed by atoms with van der Waals surface area (Å²) in [6.45, 7) is 5.40. The average Bonchev–Trinajstić information content (AvgIpc) is 3.09. The maximum atomic E-state index is 12.2. The summed E-state index contributed by atoms with van der Waals surface area (Å²) in [5.41, 5.74) is 0.815. The van der Waals surface area contributed by atoms with Crippen LogP contribution < -0.4 is 19.7 Å². The number of nitrogens with one attached hydrogen (secondary N) is 1. The molecule has 1 aromatic carbocycles. The van der Waals surface area contributed by atoms with Crippen LogP contribution in [0.4, 0.5) is 5.69 Å². The third kappa shape index (κ3) is 3.57. The molecule has 2 heterocycles. The van der Waals surface area contributed by atoms with Gasteiger partial charge in [-0.2, -0.15) is 0 Å². The first-order valence-corrected chi connectivity index (χ1v) is 7.99. The minimum atomic E-state index is 0.0500. The van der Waals surface area contributed by atoms with E-state index >= 15 is 0 Å². The third-order valence-corrected chi connectivity index (χ3v) is 4.05. The lowest BCUT2D eigenvalue weighted by Crippen LogP contribution is -2.31. The highest BCUT2D eigenvalue weighted by molar-refractivity contribution is 5.96. The number of fused-ring (bicyclic) bond motifs is 1. The van der Waals surface area contributed by atoms with Crippen LogP contribution in [0.2, 0.25) is 0 Å². The maximum absolute atomic E-state index is 12.2. The molecule has 0 bridgehead atoms. The summed E-state index contributed by atoms with van der Waals surface area (Å²) < 4.78 is 10.6. The lowest BCUT2D eigenvalue weighted by Gasteiger charge is -2.17. The smallest absolute Gasteiger partial charge is 0.231 e. The van der Waals surface area contributed by atoms with E-state index in [1.807, 2.05) is 32.0 Å². The van der Waals surface area contributed by atoms with Crippen LogP contribution in [0.25, 0.3) is 0 Å². The first kappa shape index (κ1) is 15.6. The number of hydrogen-bond acceptors (Lipinski definition) is 4. The van der Waals surface area contributed by atoms with Crippen LogP contribution in [0.1, 0.15) is 26.7 Å². The summed E-state index contributed by atoms with van der Waals surface area (Å²) >= 11 is 0. The molecule has 1 aromatic rings. The van der Waals surface area contributed by atoms with Crippen molar-refractivity contribution >= 4 is 17.5 Å². The van der Waals surface area contributed by atoms with E-state index in [1.165, 1.54) is 0 Å². The van der Waals surface area contributed by atoms with Gasteiger partial charge in [-0.1, -0.05) is 13.8 Å². The Morgan fingerprint density at radius 2 is 2.13 bits per heavy atom. The Morgan fingerprint density at radius 1 is 1.35 bits per heavy atom. The van der Waals surface area contributed by atoms with Crippen LogP contribution >= 0.6 is 0 Å². The van der Waals surface area contributed by atoms with Crippen molar-refractivity contribution in [1.29, 1.82) is 0 Å². The fraction of sp³-hybridized carbons (Fsp3) is 0.529. The molecule has 2 amide bonds. The van der Waals surface area contributed by atoms with Crippen LogP contribution in [0, 0.1) is 11.8 Å². The Kier molecular flexibility index (Phi) is 4.41. The monoisotopic (exact) mass is 318 g/mol. The molecule has 0 aromatic heterocycles. The molecule has 0 aliphatic carbocycles. The van der Waals surface area contributed by atoms with Gasteiger partial charge in [-0.3, -0.25) is 9.59 Å².